The first-order valence-electron chi connectivity index (χ1n) is 23.2. The third kappa shape index (κ3) is 6.06. The summed E-state index contributed by atoms with van der Waals surface area (Å²) in [6.45, 7) is 0. The Kier molecular flexibility index (Phi) is 9.16. The van der Waals surface area contributed by atoms with Gasteiger partial charge >= 0.3 is 0 Å². The molecule has 0 saturated heterocycles. The molecule has 11 heteroatoms. The SMILES string of the molecule is Oc1c(O)c(O)c(-c2c3ccccc3c(-c3cc4ccccc4c4c(-c5cc(-c6ccc7oc8c(-c9c(O)c(O)c(O)c(O)c9O)cccc8c7c6)c6ccccc6c5)cccc34)c3ccccc23)c(O)c1O. The number of hydrogen-bond donors (Lipinski definition) is 10. The lowest BCUT2D eigenvalue weighted by Crippen LogP contribution is -1.94. The van der Waals surface area contributed by atoms with E-state index in [1.54, 1.807) is 12.1 Å². The maximum Gasteiger partial charge on any atom is 0.208 e. The quantitative estimate of drug-likeness (QED) is 0.0339. The normalized spacial score (nSPS) is 11.8. The number of phenols is 10. The molecule has 0 unspecified atom stereocenters. The van der Waals surface area contributed by atoms with Gasteiger partial charge in [0, 0.05) is 21.9 Å². The van der Waals surface area contributed by atoms with E-state index in [4.69, 9.17) is 4.42 Å². The van der Waals surface area contributed by atoms with Gasteiger partial charge in [-0.2, -0.15) is 0 Å². The number of aromatic hydroxyl groups is 10. The highest BCUT2D eigenvalue weighted by Gasteiger charge is 2.30. The Bertz CT molecular complexity index is 4460. The highest BCUT2D eigenvalue weighted by molar-refractivity contribution is 6.28. The van der Waals surface area contributed by atoms with Crippen molar-refractivity contribution < 1.29 is 55.5 Å². The molecule has 0 atom stereocenters. The van der Waals surface area contributed by atoms with E-state index in [-0.39, 0.29) is 22.3 Å². The molecule has 0 aliphatic rings. The molecule has 0 aliphatic heterocycles. The van der Waals surface area contributed by atoms with Crippen LogP contribution in [0.2, 0.25) is 0 Å². The lowest BCUT2D eigenvalue weighted by molar-refractivity contribution is 0.330. The summed E-state index contributed by atoms with van der Waals surface area (Å²) in [6, 6.07) is 55.4. The van der Waals surface area contributed by atoms with Gasteiger partial charge in [-0.05, 0) is 118 Å². The number of hydrogen-bond acceptors (Lipinski definition) is 11. The molecule has 0 amide bonds. The van der Waals surface area contributed by atoms with Gasteiger partial charge in [-0.3, -0.25) is 0 Å². The summed E-state index contributed by atoms with van der Waals surface area (Å²) in [5.74, 6) is -9.20. The fourth-order valence-electron chi connectivity index (χ4n) is 11.0. The summed E-state index contributed by atoms with van der Waals surface area (Å²) in [6.07, 6.45) is 0. The highest BCUT2D eigenvalue weighted by Crippen LogP contribution is 2.59. The van der Waals surface area contributed by atoms with Gasteiger partial charge in [-0.25, -0.2) is 0 Å². The summed E-state index contributed by atoms with van der Waals surface area (Å²) in [4.78, 5) is 0. The minimum Gasteiger partial charge on any atom is -0.504 e. The number of fused-ring (bicyclic) bond motifs is 9. The van der Waals surface area contributed by atoms with Crippen LogP contribution >= 0.6 is 0 Å². The molecule has 10 N–H and O–H groups in total. The van der Waals surface area contributed by atoms with E-state index in [1.807, 2.05) is 103 Å². The predicted octanol–water partition coefficient (Wildman–Crippen LogP) is 14.7. The average molecular weight is 959 g/mol. The molecule has 12 aromatic carbocycles. The molecule has 0 spiro atoms. The van der Waals surface area contributed by atoms with E-state index < -0.39 is 57.5 Å². The van der Waals surface area contributed by atoms with Crippen LogP contribution in [0.3, 0.4) is 0 Å². The van der Waals surface area contributed by atoms with Gasteiger partial charge in [0.2, 0.25) is 34.5 Å². The molecule has 0 saturated carbocycles. The van der Waals surface area contributed by atoms with Crippen molar-refractivity contribution in [2.75, 3.05) is 0 Å². The van der Waals surface area contributed by atoms with Crippen LogP contribution in [-0.2, 0) is 0 Å². The molecule has 0 radical (unpaired) electrons. The lowest BCUT2D eigenvalue weighted by atomic mass is 9.82. The largest absolute Gasteiger partial charge is 0.504 e. The Morgan fingerprint density at radius 3 is 1.32 bits per heavy atom. The Morgan fingerprint density at radius 2 is 0.712 bits per heavy atom. The number of furan rings is 1. The summed E-state index contributed by atoms with van der Waals surface area (Å²) in [7, 11) is 0. The number of benzene rings is 12. The van der Waals surface area contributed by atoms with E-state index in [2.05, 4.69) is 54.6 Å². The van der Waals surface area contributed by atoms with Crippen LogP contribution in [0.25, 0.3) is 131 Å². The first kappa shape index (κ1) is 42.8. The fourth-order valence-corrected chi connectivity index (χ4v) is 11.0. The maximum absolute atomic E-state index is 11.3. The lowest BCUT2D eigenvalue weighted by Gasteiger charge is -2.22. The molecule has 13 rings (SSSR count). The standard InChI is InChI=1S/C62H38O11/c63-52-50(53(64)57(68)60(71)56(52)67)42-22-10-21-41-44-26-31(23-24-46(44)73-62(41)42)43-28-32(25-29-11-1-3-13-33(29)43)35-19-9-20-40-45(27-30-12-2-4-14-34(30)47(35)40)48-36-15-5-7-17-38(36)49(39-18-8-6-16-37(39)48)51-54(65)58(69)61(72)59(70)55(51)66/h1-28,63-72H. The Balaban J connectivity index is 1.05. The van der Waals surface area contributed by atoms with Crippen LogP contribution in [-0.4, -0.2) is 51.1 Å². The van der Waals surface area contributed by atoms with Gasteiger partial charge in [0.15, 0.2) is 23.0 Å². The maximum atomic E-state index is 11.3. The first-order valence-corrected chi connectivity index (χ1v) is 23.2. The van der Waals surface area contributed by atoms with E-state index >= 15 is 0 Å². The van der Waals surface area contributed by atoms with Gasteiger partial charge < -0.3 is 55.5 Å². The Hall–Kier alpha value is -10.3. The zero-order chi connectivity index (χ0) is 50.1. The summed E-state index contributed by atoms with van der Waals surface area (Å²) < 4.78 is 6.37. The van der Waals surface area contributed by atoms with Crippen molar-refractivity contribution >= 4 is 75.8 Å². The van der Waals surface area contributed by atoms with Crippen LogP contribution < -0.4 is 0 Å². The zero-order valence-corrected chi connectivity index (χ0v) is 38.0. The predicted molar refractivity (Wildman–Crippen MR) is 285 cm³/mol. The number of rotatable bonds is 5. The second-order valence-corrected chi connectivity index (χ2v) is 18.2. The Morgan fingerprint density at radius 1 is 0.247 bits per heavy atom. The second kappa shape index (κ2) is 15.6. The van der Waals surface area contributed by atoms with Crippen molar-refractivity contribution in [1.82, 2.24) is 0 Å². The van der Waals surface area contributed by atoms with Crippen molar-refractivity contribution in [3.63, 3.8) is 0 Å². The molecule has 73 heavy (non-hydrogen) atoms. The van der Waals surface area contributed by atoms with Gasteiger partial charge in [-0.15, -0.1) is 0 Å². The van der Waals surface area contributed by atoms with Crippen LogP contribution in [0.5, 0.6) is 57.5 Å². The van der Waals surface area contributed by atoms with Crippen molar-refractivity contribution in [2.24, 2.45) is 0 Å². The van der Waals surface area contributed by atoms with Gasteiger partial charge in [0.05, 0.1) is 11.1 Å². The third-order valence-electron chi connectivity index (χ3n) is 14.3. The summed E-state index contributed by atoms with van der Waals surface area (Å²) in [5, 5.41) is 117. The molecular formula is C62H38O11. The van der Waals surface area contributed by atoms with Gasteiger partial charge in [0.25, 0.3) is 0 Å². The van der Waals surface area contributed by atoms with Crippen LogP contribution in [0.1, 0.15) is 0 Å². The smallest absolute Gasteiger partial charge is 0.208 e. The summed E-state index contributed by atoms with van der Waals surface area (Å²) in [5.41, 5.74) is 6.29. The molecule has 1 aromatic heterocycles. The molecule has 11 nitrogen and oxygen atoms in total. The van der Waals surface area contributed by atoms with Crippen molar-refractivity contribution in [1.29, 1.82) is 0 Å². The van der Waals surface area contributed by atoms with E-state index in [9.17, 15) is 51.1 Å². The third-order valence-corrected chi connectivity index (χ3v) is 14.3. The molecule has 0 fully saturated rings. The van der Waals surface area contributed by atoms with Crippen molar-refractivity contribution in [2.45, 2.75) is 0 Å². The molecular weight excluding hydrogens is 921 g/mol. The van der Waals surface area contributed by atoms with Gasteiger partial charge in [-0.1, -0.05) is 140 Å². The first-order chi connectivity index (χ1) is 35.4. The highest BCUT2D eigenvalue weighted by atomic mass is 16.4. The average Bonchev–Trinajstić information content (AvgIpc) is 3.81. The number of para-hydroxylation sites is 1. The molecule has 0 bridgehead atoms. The van der Waals surface area contributed by atoms with Crippen LogP contribution in [0.4, 0.5) is 0 Å². The van der Waals surface area contributed by atoms with Gasteiger partial charge in [0.1, 0.15) is 11.2 Å². The van der Waals surface area contributed by atoms with E-state index in [0.717, 1.165) is 81.9 Å². The van der Waals surface area contributed by atoms with Crippen LogP contribution in [0.15, 0.2) is 174 Å². The van der Waals surface area contributed by atoms with Crippen molar-refractivity contribution in [3.8, 4) is 113 Å². The van der Waals surface area contributed by atoms with Crippen molar-refractivity contribution in [3.05, 3.63) is 170 Å². The molecule has 13 aromatic rings. The molecule has 352 valence electrons. The minimum absolute atomic E-state index is 0.180. The Labute approximate surface area is 412 Å². The minimum atomic E-state index is -1.05. The zero-order valence-electron chi connectivity index (χ0n) is 38.0. The summed E-state index contributed by atoms with van der Waals surface area (Å²) >= 11 is 0. The molecule has 1 heterocycles. The van der Waals surface area contributed by atoms with E-state index in [0.29, 0.717) is 27.3 Å². The fraction of sp³-hybridized carbons (Fsp3) is 0. The topological polar surface area (TPSA) is 215 Å². The monoisotopic (exact) mass is 958 g/mol. The molecule has 0 aliphatic carbocycles. The second-order valence-electron chi connectivity index (χ2n) is 18.2. The number of phenolic OH excluding ortho intramolecular Hbond substituents is 10. The van der Waals surface area contributed by atoms with Crippen LogP contribution in [0, 0.1) is 0 Å². The van der Waals surface area contributed by atoms with E-state index in [1.165, 1.54) is 0 Å².